The zero-order chi connectivity index (χ0) is 12.1. The smallest absolute Gasteiger partial charge is 0.303 e. The van der Waals surface area contributed by atoms with Gasteiger partial charge in [0.05, 0.1) is 5.60 Å². The number of carbonyl (C=O) groups excluding carboxylic acids is 1. The molecule has 2 unspecified atom stereocenters. The van der Waals surface area contributed by atoms with Crippen molar-refractivity contribution in [3.8, 4) is 0 Å². The third-order valence-electron chi connectivity index (χ3n) is 2.21. The van der Waals surface area contributed by atoms with Crippen LogP contribution in [0.15, 0.2) is 24.8 Å². The van der Waals surface area contributed by atoms with Crippen LogP contribution in [-0.4, -0.2) is 22.8 Å². The van der Waals surface area contributed by atoms with Crippen molar-refractivity contribution in [2.45, 2.75) is 45.3 Å². The number of hydrogen-bond acceptors (Lipinski definition) is 3. The SMILES string of the molecule is C=CC(C)(O)CCC(OC(C)=O)C(=C)C. The summed E-state index contributed by atoms with van der Waals surface area (Å²) < 4.78 is 5.07. The van der Waals surface area contributed by atoms with Crippen LogP contribution in [0.1, 0.15) is 33.6 Å². The largest absolute Gasteiger partial charge is 0.458 e. The minimum atomic E-state index is -0.923. The third kappa shape index (κ3) is 6.07. The van der Waals surface area contributed by atoms with Gasteiger partial charge in [-0.3, -0.25) is 4.79 Å². The summed E-state index contributed by atoms with van der Waals surface area (Å²) in [6.45, 7) is 12.1. The predicted molar refractivity (Wildman–Crippen MR) is 60.4 cm³/mol. The van der Waals surface area contributed by atoms with Gasteiger partial charge in [0, 0.05) is 6.92 Å². The second-order valence-corrected chi connectivity index (χ2v) is 4.04. The van der Waals surface area contributed by atoms with Gasteiger partial charge < -0.3 is 9.84 Å². The first-order chi connectivity index (χ1) is 6.78. The molecule has 0 aromatic carbocycles. The Kier molecular flexibility index (Phi) is 5.29. The molecule has 15 heavy (non-hydrogen) atoms. The van der Waals surface area contributed by atoms with Crippen LogP contribution in [0.5, 0.6) is 0 Å². The summed E-state index contributed by atoms with van der Waals surface area (Å²) in [5.74, 6) is -0.332. The molecular weight excluding hydrogens is 192 g/mol. The van der Waals surface area contributed by atoms with Crippen LogP contribution in [0.3, 0.4) is 0 Å². The molecule has 0 amide bonds. The lowest BCUT2D eigenvalue weighted by Gasteiger charge is -2.23. The Morgan fingerprint density at radius 2 is 2.13 bits per heavy atom. The van der Waals surface area contributed by atoms with E-state index < -0.39 is 5.60 Å². The summed E-state index contributed by atoms with van der Waals surface area (Å²) in [5, 5.41) is 9.70. The first-order valence-corrected chi connectivity index (χ1v) is 4.97. The Hall–Kier alpha value is -1.09. The molecule has 0 spiro atoms. The zero-order valence-corrected chi connectivity index (χ0v) is 9.75. The van der Waals surface area contributed by atoms with Crippen molar-refractivity contribution in [3.05, 3.63) is 24.8 Å². The summed E-state index contributed by atoms with van der Waals surface area (Å²) in [5.41, 5.74) is -0.140. The van der Waals surface area contributed by atoms with Crippen molar-refractivity contribution >= 4 is 5.97 Å². The Morgan fingerprint density at radius 1 is 1.60 bits per heavy atom. The molecule has 3 nitrogen and oxygen atoms in total. The fraction of sp³-hybridized carbons (Fsp3) is 0.583. The quantitative estimate of drug-likeness (QED) is 0.542. The van der Waals surface area contributed by atoms with Gasteiger partial charge >= 0.3 is 5.97 Å². The Bertz CT molecular complexity index is 254. The minimum Gasteiger partial charge on any atom is -0.458 e. The monoisotopic (exact) mass is 212 g/mol. The second kappa shape index (κ2) is 5.71. The van der Waals surface area contributed by atoms with Gasteiger partial charge in [-0.2, -0.15) is 0 Å². The van der Waals surface area contributed by atoms with E-state index in [1.807, 2.05) is 0 Å². The maximum atomic E-state index is 10.8. The number of esters is 1. The van der Waals surface area contributed by atoms with E-state index in [-0.39, 0.29) is 12.1 Å². The van der Waals surface area contributed by atoms with Gasteiger partial charge in [0.2, 0.25) is 0 Å². The van der Waals surface area contributed by atoms with E-state index in [9.17, 15) is 9.90 Å². The summed E-state index contributed by atoms with van der Waals surface area (Å²) in [7, 11) is 0. The predicted octanol–water partition coefficient (Wildman–Crippen LogP) is 2.21. The highest BCUT2D eigenvalue weighted by Gasteiger charge is 2.20. The standard InChI is InChI=1S/C12H20O3/c1-6-12(5,14)8-7-11(9(2)3)15-10(4)13/h6,11,14H,1-2,7-8H2,3-5H3. The molecule has 0 aliphatic heterocycles. The van der Waals surface area contributed by atoms with Crippen LogP contribution in [0.4, 0.5) is 0 Å². The molecule has 0 heterocycles. The average molecular weight is 212 g/mol. The highest BCUT2D eigenvalue weighted by Crippen LogP contribution is 2.19. The van der Waals surface area contributed by atoms with Crippen LogP contribution in [0.25, 0.3) is 0 Å². The van der Waals surface area contributed by atoms with Crippen LogP contribution in [0, 0.1) is 0 Å². The summed E-state index contributed by atoms with van der Waals surface area (Å²) in [4.78, 5) is 10.8. The first kappa shape index (κ1) is 13.9. The maximum absolute atomic E-state index is 10.8. The highest BCUT2D eigenvalue weighted by molar-refractivity contribution is 5.66. The lowest BCUT2D eigenvalue weighted by atomic mass is 9.96. The molecule has 0 aromatic rings. The Morgan fingerprint density at radius 3 is 2.47 bits per heavy atom. The van der Waals surface area contributed by atoms with Gasteiger partial charge in [-0.15, -0.1) is 6.58 Å². The maximum Gasteiger partial charge on any atom is 0.303 e. The lowest BCUT2D eigenvalue weighted by molar-refractivity contribution is -0.145. The average Bonchev–Trinajstić information content (AvgIpc) is 2.11. The minimum absolute atomic E-state index is 0.325. The van der Waals surface area contributed by atoms with E-state index >= 15 is 0 Å². The second-order valence-electron chi connectivity index (χ2n) is 4.04. The molecule has 0 aromatic heterocycles. The molecule has 0 aliphatic carbocycles. The molecule has 2 atom stereocenters. The van der Waals surface area contributed by atoms with Crippen LogP contribution < -0.4 is 0 Å². The van der Waals surface area contributed by atoms with Gasteiger partial charge in [0.1, 0.15) is 6.10 Å². The van der Waals surface area contributed by atoms with Gasteiger partial charge in [-0.05, 0) is 32.3 Å². The highest BCUT2D eigenvalue weighted by atomic mass is 16.5. The van der Waals surface area contributed by atoms with Crippen molar-refractivity contribution in [1.29, 1.82) is 0 Å². The molecule has 1 N–H and O–H groups in total. The summed E-state index contributed by atoms with van der Waals surface area (Å²) in [6.07, 6.45) is 2.19. The molecule has 0 saturated carbocycles. The van der Waals surface area contributed by atoms with Gasteiger partial charge in [-0.1, -0.05) is 12.7 Å². The molecule has 3 heteroatoms. The topological polar surface area (TPSA) is 46.5 Å². The van der Waals surface area contributed by atoms with Gasteiger partial charge in [0.15, 0.2) is 0 Å². The van der Waals surface area contributed by atoms with Crippen molar-refractivity contribution in [3.63, 3.8) is 0 Å². The normalized spacial score (nSPS) is 16.3. The van der Waals surface area contributed by atoms with Crippen molar-refractivity contribution < 1.29 is 14.6 Å². The molecule has 0 radical (unpaired) electrons. The number of rotatable bonds is 6. The van der Waals surface area contributed by atoms with Crippen LogP contribution in [-0.2, 0) is 9.53 Å². The van der Waals surface area contributed by atoms with E-state index in [1.165, 1.54) is 13.0 Å². The number of carbonyl (C=O) groups is 1. The number of ether oxygens (including phenoxy) is 1. The number of aliphatic hydroxyl groups is 1. The van der Waals surface area contributed by atoms with E-state index in [2.05, 4.69) is 13.2 Å². The molecule has 0 fully saturated rings. The molecule has 86 valence electrons. The van der Waals surface area contributed by atoms with Gasteiger partial charge in [0.25, 0.3) is 0 Å². The van der Waals surface area contributed by atoms with E-state index in [4.69, 9.17) is 4.74 Å². The van der Waals surface area contributed by atoms with Crippen LogP contribution in [0.2, 0.25) is 0 Å². The van der Waals surface area contributed by atoms with E-state index in [0.29, 0.717) is 12.8 Å². The molecule has 0 aliphatic rings. The summed E-state index contributed by atoms with van der Waals surface area (Å²) >= 11 is 0. The Balaban J connectivity index is 4.25. The molecule has 0 bridgehead atoms. The molecule has 0 rings (SSSR count). The zero-order valence-electron chi connectivity index (χ0n) is 9.75. The lowest BCUT2D eigenvalue weighted by Crippen LogP contribution is -2.25. The first-order valence-electron chi connectivity index (χ1n) is 4.97. The van der Waals surface area contributed by atoms with E-state index in [1.54, 1.807) is 13.8 Å². The Labute approximate surface area is 91.4 Å². The summed E-state index contributed by atoms with van der Waals surface area (Å²) in [6, 6.07) is 0. The van der Waals surface area contributed by atoms with Gasteiger partial charge in [-0.25, -0.2) is 0 Å². The van der Waals surface area contributed by atoms with Crippen molar-refractivity contribution in [1.82, 2.24) is 0 Å². The fourth-order valence-electron chi connectivity index (χ4n) is 1.13. The van der Waals surface area contributed by atoms with Crippen molar-refractivity contribution in [2.24, 2.45) is 0 Å². The fourth-order valence-corrected chi connectivity index (χ4v) is 1.13. The number of hydrogen-bond donors (Lipinski definition) is 1. The molecule has 0 saturated heterocycles. The third-order valence-corrected chi connectivity index (χ3v) is 2.21. The molecular formula is C12H20O3. The van der Waals surface area contributed by atoms with Crippen molar-refractivity contribution in [2.75, 3.05) is 0 Å². The van der Waals surface area contributed by atoms with Crippen LogP contribution >= 0.6 is 0 Å². The van der Waals surface area contributed by atoms with E-state index in [0.717, 1.165) is 5.57 Å².